The van der Waals surface area contributed by atoms with Gasteiger partial charge in [-0.1, -0.05) is 74.5 Å². The molecular formula is C52H68N2O9. The molecule has 8 atom stereocenters. The van der Waals surface area contributed by atoms with E-state index in [0.29, 0.717) is 31.6 Å². The van der Waals surface area contributed by atoms with Crippen LogP contribution in [0, 0.1) is 23.7 Å². The molecule has 0 radical (unpaired) electrons. The Balaban J connectivity index is 0.000000189. The van der Waals surface area contributed by atoms with Gasteiger partial charge in [0.05, 0.1) is 59.8 Å². The highest BCUT2D eigenvalue weighted by Gasteiger charge is 2.42. The molecule has 63 heavy (non-hydrogen) atoms. The quantitative estimate of drug-likeness (QED) is 0.113. The number of carboxylic acid groups (broad SMARTS) is 1. The molecule has 4 aromatic rings. The van der Waals surface area contributed by atoms with Crippen LogP contribution in [0.3, 0.4) is 0 Å². The van der Waals surface area contributed by atoms with Crippen molar-refractivity contribution in [1.29, 1.82) is 0 Å². The number of piperidine rings is 2. The normalized spacial score (nSPS) is 23.9. The lowest BCUT2D eigenvalue weighted by Crippen LogP contribution is -2.49. The highest BCUT2D eigenvalue weighted by molar-refractivity contribution is 5.69. The summed E-state index contributed by atoms with van der Waals surface area (Å²) in [7, 11) is 6.73. The fourth-order valence-corrected chi connectivity index (χ4v) is 10.4. The van der Waals surface area contributed by atoms with Gasteiger partial charge in [-0.3, -0.25) is 14.6 Å². The molecule has 0 aliphatic carbocycles. The summed E-state index contributed by atoms with van der Waals surface area (Å²) < 4.78 is 35.2. The minimum absolute atomic E-state index is 0.00250. The summed E-state index contributed by atoms with van der Waals surface area (Å²) in [6, 6.07) is 29.6. The summed E-state index contributed by atoms with van der Waals surface area (Å²) in [5, 5.41) is 19.1. The Morgan fingerprint density at radius 1 is 0.635 bits per heavy atom. The van der Waals surface area contributed by atoms with Crippen molar-refractivity contribution in [2.45, 2.75) is 89.9 Å². The van der Waals surface area contributed by atoms with E-state index in [0.717, 1.165) is 86.8 Å². The minimum Gasteiger partial charge on any atom is -0.493 e. The Labute approximate surface area is 374 Å². The molecule has 4 aromatic carbocycles. The summed E-state index contributed by atoms with van der Waals surface area (Å²) in [6.07, 6.45) is 5.53. The van der Waals surface area contributed by atoms with Gasteiger partial charge in [0.15, 0.2) is 23.0 Å². The van der Waals surface area contributed by atoms with Gasteiger partial charge in [-0.15, -0.1) is 0 Å². The van der Waals surface area contributed by atoms with E-state index in [1.165, 1.54) is 27.8 Å². The minimum atomic E-state index is -0.741. The molecule has 0 spiro atoms. The first kappa shape index (κ1) is 46.3. The van der Waals surface area contributed by atoms with Crippen LogP contribution in [0.15, 0.2) is 84.9 Å². The second kappa shape index (κ2) is 21.8. The van der Waals surface area contributed by atoms with Crippen LogP contribution in [0.5, 0.6) is 23.0 Å². The van der Waals surface area contributed by atoms with Crippen LogP contribution in [0.25, 0.3) is 0 Å². The van der Waals surface area contributed by atoms with E-state index in [2.05, 4.69) is 77.4 Å². The maximum atomic E-state index is 11.6. The van der Waals surface area contributed by atoms with Gasteiger partial charge in [-0.2, -0.15) is 0 Å². The summed E-state index contributed by atoms with van der Waals surface area (Å²) in [5.74, 6) is 2.86. The van der Waals surface area contributed by atoms with Gasteiger partial charge in [-0.05, 0) is 114 Å². The van der Waals surface area contributed by atoms with E-state index >= 15 is 0 Å². The number of carbonyl (C=O) groups is 1. The molecule has 2 saturated heterocycles. The maximum Gasteiger partial charge on any atom is 0.306 e. The van der Waals surface area contributed by atoms with E-state index in [9.17, 15) is 15.0 Å². The number of aliphatic hydroxyl groups excluding tert-OH is 1. The van der Waals surface area contributed by atoms with Gasteiger partial charge in [0.2, 0.25) is 0 Å². The first-order valence-electron chi connectivity index (χ1n) is 22.7. The Morgan fingerprint density at radius 2 is 1.05 bits per heavy atom. The van der Waals surface area contributed by atoms with Crippen molar-refractivity contribution in [2.75, 3.05) is 61.2 Å². The van der Waals surface area contributed by atoms with Gasteiger partial charge in [0.1, 0.15) is 0 Å². The molecule has 11 heteroatoms. The summed E-state index contributed by atoms with van der Waals surface area (Å²) in [6.45, 7) is 9.16. The molecule has 4 aliphatic rings. The molecule has 4 aliphatic heterocycles. The topological polar surface area (TPSA) is 119 Å². The van der Waals surface area contributed by atoms with Crippen LogP contribution in [0.1, 0.15) is 85.0 Å². The zero-order valence-electron chi connectivity index (χ0n) is 38.0. The molecular weight excluding hydrogens is 797 g/mol. The van der Waals surface area contributed by atoms with E-state index in [-0.39, 0.29) is 42.6 Å². The predicted octanol–water partition coefficient (Wildman–Crippen LogP) is 8.55. The van der Waals surface area contributed by atoms with Gasteiger partial charge in [0, 0.05) is 44.9 Å². The standard InChI is InChI=1S/C26H33NO5.C26H35NO4/c1-17(26(28)29)11-20-15-27-10-9-19-12-24(30-2)25(31-3)13-21(19)22(27)14-23(20)32-16-18-7-5-4-6-8-18;1-18(16-28)11-21-15-27-10-9-20-12-25(29-2)26(30-3)13-22(20)23(27)14-24(21)31-17-19-7-5-4-6-8-19/h4-8,12-13,17,20,22-23H,9-11,14-16H2,1-3H3,(H,28,29);4-8,12-13,18,21,23-24,28H,9-11,14-17H2,1-3H3/t17?,20-,22-,23+;18?,21-,23-,24+/m00/s1. The molecule has 8 rings (SSSR count). The number of hydrogen-bond donors (Lipinski definition) is 2. The average molecular weight is 865 g/mol. The molecule has 0 amide bonds. The second-order valence-corrected chi connectivity index (χ2v) is 18.0. The molecule has 2 unspecified atom stereocenters. The first-order chi connectivity index (χ1) is 30.6. The van der Waals surface area contributed by atoms with Gasteiger partial charge in [0.25, 0.3) is 0 Å². The number of fused-ring (bicyclic) bond motifs is 6. The number of nitrogens with zero attached hydrogens (tertiary/aromatic N) is 2. The number of aliphatic carboxylic acids is 1. The molecule has 2 fully saturated rings. The monoisotopic (exact) mass is 864 g/mol. The van der Waals surface area contributed by atoms with Gasteiger partial charge < -0.3 is 38.6 Å². The number of methoxy groups -OCH3 is 4. The fraction of sp³-hybridized carbons (Fsp3) is 0.519. The zero-order valence-corrected chi connectivity index (χ0v) is 38.0. The van der Waals surface area contributed by atoms with Crippen molar-refractivity contribution in [3.63, 3.8) is 0 Å². The third-order valence-corrected chi connectivity index (χ3v) is 13.8. The number of aliphatic hydroxyl groups is 1. The van der Waals surface area contributed by atoms with Crippen LogP contribution < -0.4 is 18.9 Å². The lowest BCUT2D eigenvalue weighted by atomic mass is 9.78. The van der Waals surface area contributed by atoms with E-state index in [4.69, 9.17) is 28.4 Å². The molecule has 11 nitrogen and oxygen atoms in total. The smallest absolute Gasteiger partial charge is 0.306 e. The zero-order chi connectivity index (χ0) is 44.5. The molecule has 340 valence electrons. The fourth-order valence-electron chi connectivity index (χ4n) is 10.4. The highest BCUT2D eigenvalue weighted by Crippen LogP contribution is 2.46. The lowest BCUT2D eigenvalue weighted by Gasteiger charge is -2.47. The number of ether oxygens (including phenoxy) is 6. The van der Waals surface area contributed by atoms with Crippen molar-refractivity contribution in [2.24, 2.45) is 23.7 Å². The van der Waals surface area contributed by atoms with Crippen molar-refractivity contribution in [1.82, 2.24) is 9.80 Å². The van der Waals surface area contributed by atoms with Crippen molar-refractivity contribution >= 4 is 5.97 Å². The number of rotatable bonds is 16. The van der Waals surface area contributed by atoms with Gasteiger partial charge >= 0.3 is 5.97 Å². The molecule has 0 bridgehead atoms. The number of benzene rings is 4. The van der Waals surface area contributed by atoms with Gasteiger partial charge in [-0.25, -0.2) is 0 Å². The average Bonchev–Trinajstić information content (AvgIpc) is 3.32. The highest BCUT2D eigenvalue weighted by atomic mass is 16.5. The Morgan fingerprint density at radius 3 is 1.44 bits per heavy atom. The molecule has 4 heterocycles. The van der Waals surface area contributed by atoms with Crippen molar-refractivity contribution in [3.8, 4) is 23.0 Å². The van der Waals surface area contributed by atoms with E-state index < -0.39 is 5.97 Å². The third kappa shape index (κ3) is 11.2. The van der Waals surface area contributed by atoms with Crippen LogP contribution in [-0.4, -0.2) is 99.4 Å². The van der Waals surface area contributed by atoms with Crippen LogP contribution in [-0.2, 0) is 40.3 Å². The van der Waals surface area contributed by atoms with Crippen molar-refractivity contribution in [3.05, 3.63) is 118 Å². The summed E-state index contributed by atoms with van der Waals surface area (Å²) in [5.41, 5.74) is 7.59. The Hall–Kier alpha value is -4.65. The largest absolute Gasteiger partial charge is 0.493 e. The molecule has 0 saturated carbocycles. The van der Waals surface area contributed by atoms with Crippen LogP contribution in [0.4, 0.5) is 0 Å². The number of hydrogen-bond acceptors (Lipinski definition) is 10. The maximum absolute atomic E-state index is 11.6. The molecule has 2 N–H and O–H groups in total. The SMILES string of the molecule is COc1cc2c(cc1OC)[C@@H]1C[C@@H](OCc3ccccc3)[C@@H](CC(C)C(=O)O)CN1CC2.COc1cc2c(cc1OC)[C@@H]1C[C@@H](OCc3ccccc3)[C@@H](CC(C)CO)CN1CC2. The predicted molar refractivity (Wildman–Crippen MR) is 244 cm³/mol. The summed E-state index contributed by atoms with van der Waals surface area (Å²) >= 11 is 0. The Kier molecular flexibility index (Phi) is 16.1. The first-order valence-corrected chi connectivity index (χ1v) is 22.7. The number of carboxylic acids is 1. The molecule has 0 aromatic heterocycles. The second-order valence-electron chi connectivity index (χ2n) is 18.0. The third-order valence-electron chi connectivity index (χ3n) is 13.8. The summed E-state index contributed by atoms with van der Waals surface area (Å²) in [4.78, 5) is 16.7. The van der Waals surface area contributed by atoms with Crippen molar-refractivity contribution < 1.29 is 43.4 Å². The van der Waals surface area contributed by atoms with Crippen LogP contribution >= 0.6 is 0 Å². The van der Waals surface area contributed by atoms with E-state index in [1.54, 1.807) is 35.4 Å². The van der Waals surface area contributed by atoms with E-state index in [1.807, 2.05) is 24.3 Å². The van der Waals surface area contributed by atoms with Crippen LogP contribution in [0.2, 0.25) is 0 Å². The lowest BCUT2D eigenvalue weighted by molar-refractivity contribution is -0.143. The Bertz CT molecular complexity index is 2080.